The van der Waals surface area contributed by atoms with E-state index >= 15 is 0 Å². The highest BCUT2D eigenvalue weighted by atomic mass is 35.5. The van der Waals surface area contributed by atoms with Crippen LogP contribution in [-0.4, -0.2) is 24.1 Å². The second-order valence-electron chi connectivity index (χ2n) is 4.90. The van der Waals surface area contributed by atoms with Crippen molar-refractivity contribution in [3.05, 3.63) is 64.2 Å². The largest absolute Gasteiger partial charge is 0.495 e. The summed E-state index contributed by atoms with van der Waals surface area (Å²) >= 11 is 5.99. The normalized spacial score (nSPS) is 10.7. The molecular weight excluding hydrogens is 344 g/mol. The number of carboxylic acids is 1. The summed E-state index contributed by atoms with van der Waals surface area (Å²) in [5, 5.41) is 21.0. The van der Waals surface area contributed by atoms with E-state index in [0.717, 1.165) is 0 Å². The standard InChI is InChI=1S/C18H13ClN2O4/c1-25-16-7-6-14(9-15(16)19)21-17(22)13(10-20)8-11-2-4-12(5-3-11)18(23)24/h2-9H,1H3,(H,21,22)(H,23,24)/b13-8+. The van der Waals surface area contributed by atoms with E-state index in [1.807, 2.05) is 6.07 Å². The summed E-state index contributed by atoms with van der Waals surface area (Å²) in [5.41, 5.74) is 0.936. The van der Waals surface area contributed by atoms with Crippen molar-refractivity contribution in [2.24, 2.45) is 0 Å². The number of halogens is 1. The fraction of sp³-hybridized carbons (Fsp3) is 0.0556. The number of ether oxygens (including phenoxy) is 1. The van der Waals surface area contributed by atoms with E-state index in [2.05, 4.69) is 5.32 Å². The Morgan fingerprint density at radius 2 is 1.92 bits per heavy atom. The molecule has 2 aromatic rings. The molecule has 7 heteroatoms. The van der Waals surface area contributed by atoms with Crippen molar-refractivity contribution in [1.82, 2.24) is 0 Å². The summed E-state index contributed by atoms with van der Waals surface area (Å²) < 4.78 is 5.03. The Hall–Kier alpha value is -3.30. The maximum absolute atomic E-state index is 12.2. The summed E-state index contributed by atoms with van der Waals surface area (Å²) in [6.07, 6.45) is 1.37. The van der Waals surface area contributed by atoms with Gasteiger partial charge in [-0.15, -0.1) is 0 Å². The van der Waals surface area contributed by atoms with E-state index < -0.39 is 11.9 Å². The molecule has 0 aromatic heterocycles. The lowest BCUT2D eigenvalue weighted by Crippen LogP contribution is -2.13. The highest BCUT2D eigenvalue weighted by Crippen LogP contribution is 2.27. The van der Waals surface area contributed by atoms with Gasteiger partial charge in [-0.05, 0) is 42.0 Å². The lowest BCUT2D eigenvalue weighted by molar-refractivity contribution is -0.112. The van der Waals surface area contributed by atoms with Gasteiger partial charge in [0.15, 0.2) is 0 Å². The van der Waals surface area contributed by atoms with Crippen LogP contribution in [0.4, 0.5) is 5.69 Å². The third-order valence-corrected chi connectivity index (χ3v) is 3.54. The fourth-order valence-electron chi connectivity index (χ4n) is 1.98. The molecule has 126 valence electrons. The average Bonchev–Trinajstić information content (AvgIpc) is 2.60. The maximum Gasteiger partial charge on any atom is 0.335 e. The van der Waals surface area contributed by atoms with Gasteiger partial charge in [0.2, 0.25) is 0 Å². The molecule has 2 N–H and O–H groups in total. The van der Waals surface area contributed by atoms with Gasteiger partial charge in [0.25, 0.3) is 5.91 Å². The van der Waals surface area contributed by atoms with Gasteiger partial charge in [0.05, 0.1) is 17.7 Å². The predicted molar refractivity (Wildman–Crippen MR) is 93.6 cm³/mol. The first kappa shape index (κ1) is 18.0. The van der Waals surface area contributed by atoms with Crippen LogP contribution in [-0.2, 0) is 4.79 Å². The number of hydrogen-bond donors (Lipinski definition) is 2. The van der Waals surface area contributed by atoms with E-state index in [1.165, 1.54) is 43.5 Å². The number of aromatic carboxylic acids is 1. The third kappa shape index (κ3) is 4.59. The van der Waals surface area contributed by atoms with E-state index in [4.69, 9.17) is 21.4 Å². The lowest BCUT2D eigenvalue weighted by Gasteiger charge is -2.07. The van der Waals surface area contributed by atoms with Gasteiger partial charge in [-0.3, -0.25) is 4.79 Å². The minimum absolute atomic E-state index is 0.119. The molecule has 0 atom stereocenters. The molecule has 25 heavy (non-hydrogen) atoms. The highest BCUT2D eigenvalue weighted by Gasteiger charge is 2.11. The smallest absolute Gasteiger partial charge is 0.335 e. The number of hydrogen-bond acceptors (Lipinski definition) is 4. The molecule has 0 radical (unpaired) electrons. The number of amides is 1. The summed E-state index contributed by atoms with van der Waals surface area (Å²) in [7, 11) is 1.48. The van der Waals surface area contributed by atoms with Crippen LogP contribution >= 0.6 is 11.6 Å². The molecule has 1 amide bonds. The van der Waals surface area contributed by atoms with Crippen molar-refractivity contribution in [3.8, 4) is 11.8 Å². The molecule has 2 rings (SSSR count). The molecule has 0 unspecified atom stereocenters. The Morgan fingerprint density at radius 3 is 2.44 bits per heavy atom. The molecule has 0 spiro atoms. The van der Waals surface area contributed by atoms with E-state index in [1.54, 1.807) is 12.1 Å². The highest BCUT2D eigenvalue weighted by molar-refractivity contribution is 6.32. The van der Waals surface area contributed by atoms with Crippen molar-refractivity contribution in [3.63, 3.8) is 0 Å². The SMILES string of the molecule is COc1ccc(NC(=O)/C(C#N)=C/c2ccc(C(=O)O)cc2)cc1Cl. The van der Waals surface area contributed by atoms with Crippen molar-refractivity contribution in [1.29, 1.82) is 5.26 Å². The lowest BCUT2D eigenvalue weighted by atomic mass is 10.1. The molecule has 6 nitrogen and oxygen atoms in total. The Bertz CT molecular complexity index is 883. The van der Waals surface area contributed by atoms with Crippen LogP contribution in [0.1, 0.15) is 15.9 Å². The molecule has 0 aliphatic carbocycles. The van der Waals surface area contributed by atoms with Gasteiger partial charge < -0.3 is 15.2 Å². The van der Waals surface area contributed by atoms with Crippen molar-refractivity contribution < 1.29 is 19.4 Å². The predicted octanol–water partition coefficient (Wildman–Crippen LogP) is 3.59. The number of methoxy groups -OCH3 is 1. The second-order valence-corrected chi connectivity index (χ2v) is 5.31. The molecule has 0 saturated carbocycles. The number of carboxylic acid groups (broad SMARTS) is 1. The number of carbonyl (C=O) groups is 2. The first-order valence-electron chi connectivity index (χ1n) is 7.04. The van der Waals surface area contributed by atoms with Crippen LogP contribution in [0, 0.1) is 11.3 Å². The van der Waals surface area contributed by atoms with Crippen molar-refractivity contribution >= 4 is 35.2 Å². The minimum Gasteiger partial charge on any atom is -0.495 e. The summed E-state index contributed by atoms with van der Waals surface area (Å²) in [4.78, 5) is 23.0. The zero-order valence-corrected chi connectivity index (χ0v) is 13.9. The minimum atomic E-state index is -1.05. The molecular formula is C18H13ClN2O4. The van der Waals surface area contributed by atoms with Crippen molar-refractivity contribution in [2.75, 3.05) is 12.4 Å². The summed E-state index contributed by atoms with van der Waals surface area (Å²) in [6, 6.07) is 12.3. The number of benzene rings is 2. The first-order valence-corrected chi connectivity index (χ1v) is 7.42. The fourth-order valence-corrected chi connectivity index (χ4v) is 2.24. The Morgan fingerprint density at radius 1 is 1.24 bits per heavy atom. The van der Waals surface area contributed by atoms with E-state index in [9.17, 15) is 14.9 Å². The second kappa shape index (κ2) is 7.99. The zero-order valence-electron chi connectivity index (χ0n) is 13.1. The van der Waals surface area contributed by atoms with Gasteiger partial charge in [0.1, 0.15) is 17.4 Å². The summed E-state index contributed by atoms with van der Waals surface area (Å²) in [5.74, 6) is -1.19. The van der Waals surface area contributed by atoms with Crippen LogP contribution < -0.4 is 10.1 Å². The molecule has 0 saturated heterocycles. The molecule has 2 aromatic carbocycles. The van der Waals surface area contributed by atoms with Gasteiger partial charge >= 0.3 is 5.97 Å². The van der Waals surface area contributed by atoms with Crippen LogP contribution in [0.25, 0.3) is 6.08 Å². The Labute approximate surface area is 148 Å². The molecule has 0 heterocycles. The van der Waals surface area contributed by atoms with Crippen LogP contribution in [0.3, 0.4) is 0 Å². The van der Waals surface area contributed by atoms with Crippen molar-refractivity contribution in [2.45, 2.75) is 0 Å². The number of anilines is 1. The number of nitrogens with one attached hydrogen (secondary N) is 1. The maximum atomic E-state index is 12.2. The first-order chi connectivity index (χ1) is 11.9. The van der Waals surface area contributed by atoms with Gasteiger partial charge in [0, 0.05) is 5.69 Å². The quantitative estimate of drug-likeness (QED) is 0.630. The van der Waals surface area contributed by atoms with Gasteiger partial charge in [-0.1, -0.05) is 23.7 Å². The average molecular weight is 357 g/mol. The van der Waals surface area contributed by atoms with Crippen LogP contribution in [0.2, 0.25) is 5.02 Å². The number of nitrogens with zero attached hydrogens (tertiary/aromatic N) is 1. The Balaban J connectivity index is 2.19. The van der Waals surface area contributed by atoms with Crippen LogP contribution in [0.5, 0.6) is 5.75 Å². The monoisotopic (exact) mass is 356 g/mol. The van der Waals surface area contributed by atoms with Crippen LogP contribution in [0.15, 0.2) is 48.0 Å². The third-order valence-electron chi connectivity index (χ3n) is 3.24. The summed E-state index contributed by atoms with van der Waals surface area (Å²) in [6.45, 7) is 0. The number of nitriles is 1. The number of rotatable bonds is 5. The Kier molecular flexibility index (Phi) is 5.77. The molecule has 0 aliphatic rings. The van der Waals surface area contributed by atoms with Gasteiger partial charge in [-0.2, -0.15) is 5.26 Å². The van der Waals surface area contributed by atoms with E-state index in [0.29, 0.717) is 22.0 Å². The zero-order chi connectivity index (χ0) is 18.4. The molecule has 0 fully saturated rings. The number of carbonyl (C=O) groups excluding carboxylic acids is 1. The topological polar surface area (TPSA) is 99.4 Å². The molecule has 0 aliphatic heterocycles. The molecule has 0 bridgehead atoms. The van der Waals surface area contributed by atoms with E-state index in [-0.39, 0.29) is 11.1 Å². The van der Waals surface area contributed by atoms with Gasteiger partial charge in [-0.25, -0.2) is 4.79 Å².